The van der Waals surface area contributed by atoms with Crippen molar-refractivity contribution >= 4 is 23.3 Å². The molecule has 1 saturated heterocycles. The number of carbonyl (C=O) groups excluding carboxylic acids is 1. The van der Waals surface area contributed by atoms with Gasteiger partial charge >= 0.3 is 6.03 Å². The minimum atomic E-state index is -0.658. The summed E-state index contributed by atoms with van der Waals surface area (Å²) in [7, 11) is 0. The van der Waals surface area contributed by atoms with Crippen molar-refractivity contribution in [3.63, 3.8) is 0 Å². The Kier molecular flexibility index (Phi) is 5.71. The third-order valence-corrected chi connectivity index (χ3v) is 4.60. The molecule has 0 bridgehead atoms. The molecule has 134 valence electrons. The van der Waals surface area contributed by atoms with Crippen LogP contribution in [0.25, 0.3) is 0 Å². The van der Waals surface area contributed by atoms with E-state index >= 15 is 0 Å². The molecule has 2 amide bonds. The number of amides is 2. The molecule has 1 atom stereocenters. The number of nitrogens with one attached hydrogen (secondary N) is 1. The monoisotopic (exact) mass is 372 g/mol. The highest BCUT2D eigenvalue weighted by atomic mass is 35.5. The molecule has 26 heavy (non-hydrogen) atoms. The standard InChI is InChI=1S/C19H18ClFN4O/c20-14-4-3-5-15(12-14)23-19(26)25-10-8-24(9-11-25)18(13-22)16-6-1-2-7-17(16)21/h1-7,12,18H,8-11H2,(H,23,26). The van der Waals surface area contributed by atoms with E-state index in [9.17, 15) is 14.4 Å². The summed E-state index contributed by atoms with van der Waals surface area (Å²) in [5.41, 5.74) is 0.998. The van der Waals surface area contributed by atoms with Crippen LogP contribution in [-0.2, 0) is 0 Å². The van der Waals surface area contributed by atoms with Gasteiger partial charge in [-0.1, -0.05) is 35.9 Å². The predicted molar refractivity (Wildman–Crippen MR) is 98.4 cm³/mol. The summed E-state index contributed by atoms with van der Waals surface area (Å²) in [5.74, 6) is -0.389. The number of urea groups is 1. The molecule has 0 saturated carbocycles. The van der Waals surface area contributed by atoms with Crippen molar-refractivity contribution in [1.29, 1.82) is 5.26 Å². The first-order valence-electron chi connectivity index (χ1n) is 8.28. The van der Waals surface area contributed by atoms with Gasteiger partial charge in [-0.15, -0.1) is 0 Å². The zero-order valence-electron chi connectivity index (χ0n) is 14.0. The largest absolute Gasteiger partial charge is 0.322 e. The molecule has 2 aromatic carbocycles. The minimum Gasteiger partial charge on any atom is -0.322 e. The zero-order valence-corrected chi connectivity index (χ0v) is 14.8. The molecule has 3 rings (SSSR count). The number of piperazine rings is 1. The maximum Gasteiger partial charge on any atom is 0.321 e. The van der Waals surface area contributed by atoms with Gasteiger partial charge in [0.15, 0.2) is 0 Å². The average molecular weight is 373 g/mol. The molecular weight excluding hydrogens is 355 g/mol. The molecule has 7 heteroatoms. The molecule has 1 heterocycles. The smallest absolute Gasteiger partial charge is 0.321 e. The number of rotatable bonds is 3. The Bertz CT molecular complexity index is 830. The van der Waals surface area contributed by atoms with E-state index in [1.54, 1.807) is 47.4 Å². The van der Waals surface area contributed by atoms with Gasteiger partial charge in [0.2, 0.25) is 0 Å². The fourth-order valence-corrected chi connectivity index (χ4v) is 3.19. The van der Waals surface area contributed by atoms with E-state index in [-0.39, 0.29) is 11.8 Å². The normalized spacial score (nSPS) is 16.0. The first-order chi connectivity index (χ1) is 12.6. The molecule has 0 aliphatic carbocycles. The van der Waals surface area contributed by atoms with E-state index in [1.165, 1.54) is 6.07 Å². The number of benzene rings is 2. The second kappa shape index (κ2) is 8.17. The van der Waals surface area contributed by atoms with Crippen LogP contribution in [0, 0.1) is 17.1 Å². The van der Waals surface area contributed by atoms with Crippen LogP contribution >= 0.6 is 11.6 Å². The predicted octanol–water partition coefficient (Wildman–Crippen LogP) is 3.89. The van der Waals surface area contributed by atoms with Gasteiger partial charge in [-0.2, -0.15) is 5.26 Å². The second-order valence-corrected chi connectivity index (χ2v) is 6.45. The Balaban J connectivity index is 1.61. The molecular formula is C19H18ClFN4O. The Morgan fingerprint density at radius 1 is 1.15 bits per heavy atom. The summed E-state index contributed by atoms with van der Waals surface area (Å²) in [5, 5.41) is 12.8. The first kappa shape index (κ1) is 18.2. The zero-order chi connectivity index (χ0) is 18.5. The number of hydrogen-bond donors (Lipinski definition) is 1. The van der Waals surface area contributed by atoms with Crippen LogP contribution < -0.4 is 5.32 Å². The van der Waals surface area contributed by atoms with Crippen LogP contribution in [0.2, 0.25) is 5.02 Å². The number of halogens is 2. The Morgan fingerprint density at radius 3 is 2.54 bits per heavy atom. The van der Waals surface area contributed by atoms with Crippen molar-refractivity contribution in [2.45, 2.75) is 6.04 Å². The summed E-state index contributed by atoms with van der Waals surface area (Å²) in [6.45, 7) is 1.91. The van der Waals surface area contributed by atoms with E-state index in [1.807, 2.05) is 4.90 Å². The van der Waals surface area contributed by atoms with Crippen LogP contribution in [0.4, 0.5) is 14.9 Å². The number of nitriles is 1. The van der Waals surface area contributed by atoms with E-state index in [4.69, 9.17) is 11.6 Å². The van der Waals surface area contributed by atoms with Gasteiger partial charge in [0.25, 0.3) is 0 Å². The van der Waals surface area contributed by atoms with Gasteiger partial charge < -0.3 is 10.2 Å². The van der Waals surface area contributed by atoms with Gasteiger partial charge in [-0.25, -0.2) is 9.18 Å². The summed E-state index contributed by atoms with van der Waals surface area (Å²) in [6, 6.07) is 14.6. The van der Waals surface area contributed by atoms with Crippen LogP contribution in [0.5, 0.6) is 0 Å². The van der Waals surface area contributed by atoms with E-state index in [0.29, 0.717) is 42.5 Å². The van der Waals surface area contributed by atoms with Crippen LogP contribution in [0.15, 0.2) is 48.5 Å². The lowest BCUT2D eigenvalue weighted by atomic mass is 10.0. The molecule has 1 aliphatic heterocycles. The lowest BCUT2D eigenvalue weighted by Gasteiger charge is -2.37. The van der Waals surface area contributed by atoms with Gasteiger partial charge in [0.1, 0.15) is 11.9 Å². The molecule has 0 radical (unpaired) electrons. The lowest BCUT2D eigenvalue weighted by Crippen LogP contribution is -2.50. The number of hydrogen-bond acceptors (Lipinski definition) is 3. The van der Waals surface area contributed by atoms with Gasteiger partial charge in [-0.3, -0.25) is 4.90 Å². The van der Waals surface area contributed by atoms with Crippen molar-refractivity contribution in [3.8, 4) is 6.07 Å². The number of anilines is 1. The molecule has 0 spiro atoms. The molecule has 0 aromatic heterocycles. The van der Waals surface area contributed by atoms with Crippen molar-refractivity contribution in [1.82, 2.24) is 9.80 Å². The maximum absolute atomic E-state index is 14.0. The Labute approximate surface area is 156 Å². The second-order valence-electron chi connectivity index (χ2n) is 6.02. The Morgan fingerprint density at radius 2 is 1.88 bits per heavy atom. The third kappa shape index (κ3) is 4.13. The molecule has 1 N–H and O–H groups in total. The van der Waals surface area contributed by atoms with E-state index < -0.39 is 6.04 Å². The average Bonchev–Trinajstić information content (AvgIpc) is 2.64. The maximum atomic E-state index is 14.0. The van der Waals surface area contributed by atoms with Crippen molar-refractivity contribution < 1.29 is 9.18 Å². The number of nitrogens with zero attached hydrogens (tertiary/aromatic N) is 3. The summed E-state index contributed by atoms with van der Waals surface area (Å²) in [4.78, 5) is 15.9. The fourth-order valence-electron chi connectivity index (χ4n) is 3.00. The van der Waals surface area contributed by atoms with Crippen LogP contribution in [-0.4, -0.2) is 42.0 Å². The molecule has 1 aliphatic rings. The fraction of sp³-hybridized carbons (Fsp3) is 0.263. The van der Waals surface area contributed by atoms with E-state index in [0.717, 1.165) is 0 Å². The van der Waals surface area contributed by atoms with Crippen molar-refractivity contribution in [2.24, 2.45) is 0 Å². The van der Waals surface area contributed by atoms with Crippen molar-refractivity contribution in [3.05, 3.63) is 64.9 Å². The first-order valence-corrected chi connectivity index (χ1v) is 8.66. The molecule has 1 unspecified atom stereocenters. The van der Waals surface area contributed by atoms with Crippen molar-refractivity contribution in [2.75, 3.05) is 31.5 Å². The van der Waals surface area contributed by atoms with Gasteiger partial charge in [0, 0.05) is 42.5 Å². The highest BCUT2D eigenvalue weighted by Crippen LogP contribution is 2.24. The minimum absolute atomic E-state index is 0.216. The molecule has 2 aromatic rings. The Hall–Kier alpha value is -2.62. The molecule has 5 nitrogen and oxygen atoms in total. The quantitative estimate of drug-likeness (QED) is 0.889. The summed E-state index contributed by atoms with van der Waals surface area (Å²) >= 11 is 5.92. The van der Waals surface area contributed by atoms with Gasteiger partial charge in [-0.05, 0) is 24.3 Å². The highest BCUT2D eigenvalue weighted by molar-refractivity contribution is 6.30. The van der Waals surface area contributed by atoms with Crippen LogP contribution in [0.3, 0.4) is 0 Å². The SMILES string of the molecule is N#CC(c1ccccc1F)N1CCN(C(=O)Nc2cccc(Cl)c2)CC1. The van der Waals surface area contributed by atoms with Gasteiger partial charge in [0.05, 0.1) is 6.07 Å². The topological polar surface area (TPSA) is 59.4 Å². The third-order valence-electron chi connectivity index (χ3n) is 4.36. The van der Waals surface area contributed by atoms with Crippen LogP contribution in [0.1, 0.15) is 11.6 Å². The lowest BCUT2D eigenvalue weighted by molar-refractivity contribution is 0.130. The summed E-state index contributed by atoms with van der Waals surface area (Å²) in [6.07, 6.45) is 0. The summed E-state index contributed by atoms with van der Waals surface area (Å²) < 4.78 is 14.0. The van der Waals surface area contributed by atoms with E-state index in [2.05, 4.69) is 11.4 Å². The molecule has 1 fully saturated rings. The highest BCUT2D eigenvalue weighted by Gasteiger charge is 2.28. The number of carbonyl (C=O) groups is 1.